The van der Waals surface area contributed by atoms with Crippen LogP contribution in [0.25, 0.3) is 4.98 Å². The minimum atomic E-state index is -1.59. The van der Waals surface area contributed by atoms with E-state index in [2.05, 4.69) is 91.1 Å². The van der Waals surface area contributed by atoms with Crippen LogP contribution in [0.3, 0.4) is 0 Å². The van der Waals surface area contributed by atoms with Crippen LogP contribution < -0.4 is 0 Å². The largest absolute Gasteiger partial charge is 0 e. The molecule has 3 aliphatic rings. The van der Waals surface area contributed by atoms with Gasteiger partial charge in [0.15, 0.2) is 0 Å². The third-order valence-corrected chi connectivity index (χ3v) is 9.64. The van der Waals surface area contributed by atoms with Gasteiger partial charge < -0.3 is 18.3 Å². The molecule has 4 unspecified atom stereocenters. The van der Waals surface area contributed by atoms with Gasteiger partial charge in [0.2, 0.25) is 0 Å². The van der Waals surface area contributed by atoms with Crippen molar-refractivity contribution < 1.29 is 20.8 Å². The molecule has 0 aromatic heterocycles. The van der Waals surface area contributed by atoms with E-state index in [1.54, 1.807) is 13.8 Å². The van der Waals surface area contributed by atoms with Gasteiger partial charge in [-0.2, -0.15) is 6.92 Å². The van der Waals surface area contributed by atoms with E-state index in [-0.39, 0.29) is 6.97 Å². The molecule has 2 fully saturated rings. The number of hydrogen-bond donors (Lipinski definition) is 0. The summed E-state index contributed by atoms with van der Waals surface area (Å²) in [5.74, 6) is 8.11. The van der Waals surface area contributed by atoms with E-state index in [1.165, 1.54) is 51.7 Å². The summed E-state index contributed by atoms with van der Waals surface area (Å²) in [6.45, 7) is 21.1. The van der Waals surface area contributed by atoms with Gasteiger partial charge in [0.1, 0.15) is 0 Å². The molecule has 31 heavy (non-hydrogen) atoms. The fourth-order valence-electron chi connectivity index (χ4n) is 5.24. The third-order valence-electron chi connectivity index (χ3n) is 5.95. The topological polar surface area (TPSA) is 17.3 Å². The van der Waals surface area contributed by atoms with Crippen molar-refractivity contribution in [3.63, 3.8) is 0 Å². The van der Waals surface area contributed by atoms with Crippen LogP contribution in [0.2, 0.25) is 18.6 Å². The standard InChI is InChI=1S/C19H33N2Si.C5H3.C2H5.ClH.Ti.H2/c1-19(2,3)20-22(4,5)18-14-17(21-12-8-9-13-21)15-10-6-7-11-16(15)18;1-3-5-4-2;1-2;;;/h6-7,10-11,15-18H,8-9,12-14H2,1-5H3;1H3;1H2,2H3;1H;;1H/q3*-1;;+4;/p-1. The summed E-state index contributed by atoms with van der Waals surface area (Å²) < 4.78 is 0. The first kappa shape index (κ1) is 30.7. The van der Waals surface area contributed by atoms with Crippen molar-refractivity contribution in [2.75, 3.05) is 13.1 Å². The van der Waals surface area contributed by atoms with E-state index >= 15 is 0 Å². The van der Waals surface area contributed by atoms with E-state index in [0.29, 0.717) is 0 Å². The molecule has 2 nitrogen and oxygen atoms in total. The summed E-state index contributed by atoms with van der Waals surface area (Å²) >= 11 is 1.47. The SMILES string of the molecule is CC(C)(C)[N-][Si](C)(C)C1CC(N2CCCC2)C2C=CC=CC21.[C-]#CC#CC.[CH2-]C.[Cl][Ti+3].[HH]. The first-order valence-electron chi connectivity index (χ1n) is 11.3. The maximum Gasteiger partial charge on any atom is 0 e. The zero-order valence-corrected chi connectivity index (χ0v) is 24.0. The molecule has 1 saturated carbocycles. The molecule has 0 aromatic carbocycles. The summed E-state index contributed by atoms with van der Waals surface area (Å²) in [6, 6.07) is 0.764. The first-order chi connectivity index (χ1) is 14.7. The van der Waals surface area contributed by atoms with Crippen molar-refractivity contribution in [3.8, 4) is 17.8 Å². The number of fused-ring (bicyclic) bond motifs is 1. The molecule has 1 saturated heterocycles. The molecule has 2 aliphatic carbocycles. The van der Waals surface area contributed by atoms with E-state index in [0.717, 1.165) is 23.4 Å². The Morgan fingerprint density at radius 1 is 1.13 bits per heavy atom. The van der Waals surface area contributed by atoms with E-state index in [4.69, 9.17) is 11.4 Å². The van der Waals surface area contributed by atoms with Crippen molar-refractivity contribution in [1.29, 1.82) is 0 Å². The molecular weight excluding hydrogens is 452 g/mol. The maximum absolute atomic E-state index is 6.18. The monoisotopic (exact) mass is 494 g/mol. The predicted octanol–water partition coefficient (Wildman–Crippen LogP) is 7.33. The summed E-state index contributed by atoms with van der Waals surface area (Å²) in [7, 11) is 3.05. The van der Waals surface area contributed by atoms with Gasteiger partial charge in [0.05, 0.1) is 0 Å². The molecular formula is C26H43ClN2SiTi. The average molecular weight is 495 g/mol. The van der Waals surface area contributed by atoms with E-state index < -0.39 is 8.24 Å². The first-order valence-corrected chi connectivity index (χ1v) is 16.4. The van der Waals surface area contributed by atoms with Crippen LogP contribution in [0.4, 0.5) is 0 Å². The van der Waals surface area contributed by atoms with Crippen molar-refractivity contribution in [2.45, 2.75) is 84.1 Å². The number of halogens is 1. The van der Waals surface area contributed by atoms with Crippen LogP contribution in [0, 0.1) is 42.9 Å². The van der Waals surface area contributed by atoms with Crippen LogP contribution in [0.1, 0.15) is 55.3 Å². The minimum absolute atomic E-state index is 0. The van der Waals surface area contributed by atoms with Crippen LogP contribution in [-0.2, 0) is 19.4 Å². The maximum atomic E-state index is 6.18. The zero-order chi connectivity index (χ0) is 24.1. The number of allylic oxidation sites excluding steroid dienone is 3. The quantitative estimate of drug-likeness (QED) is 0.228. The number of nitrogens with zero attached hydrogens (tertiary/aromatic N) is 2. The van der Waals surface area contributed by atoms with Gasteiger partial charge in [-0.05, 0) is 51.1 Å². The molecule has 1 heterocycles. The summed E-state index contributed by atoms with van der Waals surface area (Å²) in [5.41, 5.74) is 0.897. The summed E-state index contributed by atoms with van der Waals surface area (Å²) in [6.07, 6.45) is 19.9. The second-order valence-electron chi connectivity index (χ2n) is 9.51. The summed E-state index contributed by atoms with van der Waals surface area (Å²) in [4.78, 5) is 8.12. The van der Waals surface area contributed by atoms with Crippen molar-refractivity contribution in [2.24, 2.45) is 11.8 Å². The van der Waals surface area contributed by atoms with Gasteiger partial charge in [0, 0.05) is 7.47 Å². The second-order valence-corrected chi connectivity index (χ2v) is 13.8. The fraction of sp³-hybridized carbons (Fsp3) is 0.654. The zero-order valence-electron chi connectivity index (χ0n) is 20.6. The summed E-state index contributed by atoms with van der Waals surface area (Å²) in [5, 5.41) is 0. The molecule has 172 valence electrons. The molecule has 3 rings (SSSR count). The van der Waals surface area contributed by atoms with Crippen molar-refractivity contribution in [3.05, 3.63) is 42.6 Å². The van der Waals surface area contributed by atoms with Crippen LogP contribution >= 0.6 is 9.30 Å². The molecule has 1 aliphatic heterocycles. The smallest absolute Gasteiger partial charge is 0 e. The van der Waals surface area contributed by atoms with Gasteiger partial charge in [-0.1, -0.05) is 71.9 Å². The number of hydrogen-bond acceptors (Lipinski definition) is 1. The second kappa shape index (κ2) is 15.6. The van der Waals surface area contributed by atoms with Gasteiger partial charge in [-0.3, -0.25) is 16.7 Å². The molecule has 0 amide bonds. The molecule has 0 bridgehead atoms. The Kier molecular flexibility index (Phi) is 15.4. The fourth-order valence-corrected chi connectivity index (χ4v) is 9.23. The third kappa shape index (κ3) is 10.0. The Hall–Kier alpha value is -0.259. The Balaban J connectivity index is 0. The van der Waals surface area contributed by atoms with E-state index in [1.807, 2.05) is 5.92 Å². The number of rotatable bonds is 3. The minimum Gasteiger partial charge on any atom is 0 e. The Morgan fingerprint density at radius 2 is 1.65 bits per heavy atom. The Bertz CT molecular complexity index is 664. The molecule has 0 radical (unpaired) electrons. The molecule has 0 aromatic rings. The van der Waals surface area contributed by atoms with Gasteiger partial charge >= 0.3 is 28.7 Å². The Morgan fingerprint density at radius 3 is 2.06 bits per heavy atom. The predicted molar refractivity (Wildman–Crippen MR) is 138 cm³/mol. The normalized spacial score (nSPS) is 26.5. The van der Waals surface area contributed by atoms with Gasteiger partial charge in [-0.25, -0.2) is 5.92 Å². The van der Waals surface area contributed by atoms with Crippen molar-refractivity contribution >= 4 is 17.5 Å². The van der Waals surface area contributed by atoms with Crippen LogP contribution in [0.15, 0.2) is 24.3 Å². The molecule has 4 atom stereocenters. The van der Waals surface area contributed by atoms with Crippen molar-refractivity contribution in [1.82, 2.24) is 4.90 Å². The van der Waals surface area contributed by atoms with E-state index in [9.17, 15) is 0 Å². The Labute approximate surface area is 211 Å². The molecule has 0 N–H and O–H groups in total. The van der Waals surface area contributed by atoms with Gasteiger partial charge in [-0.15, -0.1) is 5.54 Å². The average Bonchev–Trinajstić information content (AvgIpc) is 3.38. The van der Waals surface area contributed by atoms with Gasteiger partial charge in [0.25, 0.3) is 0 Å². The molecule has 0 spiro atoms. The molecule has 5 heteroatoms. The van der Waals surface area contributed by atoms with Crippen LogP contribution in [-0.4, -0.2) is 37.8 Å². The van der Waals surface area contributed by atoms with Crippen LogP contribution in [0.5, 0.6) is 0 Å². The number of likely N-dealkylation sites (tertiary alicyclic amines) is 1.